The summed E-state index contributed by atoms with van der Waals surface area (Å²) >= 11 is 11.5. The fourth-order valence-electron chi connectivity index (χ4n) is 1.07. The Bertz CT molecular complexity index is 463. The van der Waals surface area contributed by atoms with Crippen LogP contribution in [0.5, 0.6) is 0 Å². The van der Waals surface area contributed by atoms with Gasteiger partial charge in [-0.15, -0.1) is 0 Å². The van der Waals surface area contributed by atoms with Crippen LogP contribution in [-0.4, -0.2) is 21.5 Å². The Morgan fingerprint density at radius 2 is 2.00 bits per heavy atom. The van der Waals surface area contributed by atoms with Gasteiger partial charge in [-0.2, -0.15) is 0 Å². The lowest BCUT2D eigenvalue weighted by atomic mass is 10.4. The maximum atomic E-state index is 11.8. The van der Waals surface area contributed by atoms with Crippen molar-refractivity contribution in [2.45, 2.75) is 11.3 Å². The number of hydrogen-bond acceptors (Lipinski definition) is 3. The smallest absolute Gasteiger partial charge is 0.242 e. The molecule has 0 radical (unpaired) electrons. The van der Waals surface area contributed by atoms with Gasteiger partial charge >= 0.3 is 0 Å². The van der Waals surface area contributed by atoms with E-state index in [1.807, 2.05) is 0 Å². The Kier molecular flexibility index (Phi) is 5.01. The van der Waals surface area contributed by atoms with Gasteiger partial charge in [-0.25, -0.2) is 13.1 Å². The van der Waals surface area contributed by atoms with Gasteiger partial charge in [0, 0.05) is 11.6 Å². The van der Waals surface area contributed by atoms with Crippen LogP contribution in [-0.2, 0) is 10.0 Å². The summed E-state index contributed by atoms with van der Waals surface area (Å²) < 4.78 is 26.0. The molecule has 1 rings (SSSR count). The highest BCUT2D eigenvalue weighted by Crippen LogP contribution is 2.24. The molecule has 0 aliphatic rings. The molecule has 0 unspecified atom stereocenters. The van der Waals surface area contributed by atoms with Crippen LogP contribution >= 0.6 is 23.2 Å². The fraction of sp³-hybridized carbons (Fsp3) is 0.333. The van der Waals surface area contributed by atoms with Gasteiger partial charge in [-0.05, 0) is 31.2 Å². The average Bonchev–Trinajstić information content (AvgIpc) is 2.22. The SMILES string of the molecule is NCCCNS(=O)(=O)c1cc(Cl)ccc1Cl. The third-order valence-electron chi connectivity index (χ3n) is 1.86. The van der Waals surface area contributed by atoms with Crippen LogP contribution in [0.25, 0.3) is 0 Å². The molecule has 0 heterocycles. The van der Waals surface area contributed by atoms with Crippen molar-refractivity contribution in [1.82, 2.24) is 4.72 Å². The van der Waals surface area contributed by atoms with Crippen LogP contribution in [0.15, 0.2) is 23.1 Å². The van der Waals surface area contributed by atoms with Crippen molar-refractivity contribution in [3.63, 3.8) is 0 Å². The van der Waals surface area contributed by atoms with Crippen molar-refractivity contribution in [3.8, 4) is 0 Å². The molecule has 16 heavy (non-hydrogen) atoms. The Hall–Kier alpha value is -0.330. The van der Waals surface area contributed by atoms with Crippen LogP contribution < -0.4 is 10.5 Å². The molecule has 0 atom stereocenters. The van der Waals surface area contributed by atoms with Gasteiger partial charge in [-0.3, -0.25) is 0 Å². The molecule has 0 amide bonds. The monoisotopic (exact) mass is 282 g/mol. The number of sulfonamides is 1. The van der Waals surface area contributed by atoms with E-state index in [-0.39, 0.29) is 16.5 Å². The molecule has 0 bridgehead atoms. The summed E-state index contributed by atoms with van der Waals surface area (Å²) in [6.07, 6.45) is 0.567. The zero-order valence-corrected chi connectivity index (χ0v) is 10.7. The molecule has 0 aliphatic heterocycles. The van der Waals surface area contributed by atoms with E-state index in [2.05, 4.69) is 4.72 Å². The second kappa shape index (κ2) is 5.84. The van der Waals surface area contributed by atoms with E-state index in [9.17, 15) is 8.42 Å². The van der Waals surface area contributed by atoms with E-state index in [4.69, 9.17) is 28.9 Å². The molecule has 3 N–H and O–H groups in total. The minimum absolute atomic E-state index is 0.0151. The predicted octanol–water partition coefficient (Wildman–Crippen LogP) is 1.62. The number of nitrogens with one attached hydrogen (secondary N) is 1. The van der Waals surface area contributed by atoms with Crippen molar-refractivity contribution in [2.75, 3.05) is 13.1 Å². The summed E-state index contributed by atoms with van der Waals surface area (Å²) in [4.78, 5) is -0.0151. The number of benzene rings is 1. The normalized spacial score (nSPS) is 11.7. The van der Waals surface area contributed by atoms with Gasteiger partial charge in [0.05, 0.1) is 5.02 Å². The molecule has 90 valence electrons. The number of nitrogens with two attached hydrogens (primary N) is 1. The predicted molar refractivity (Wildman–Crippen MR) is 65.3 cm³/mol. The Labute approximate surface area is 105 Å². The summed E-state index contributed by atoms with van der Waals surface area (Å²) in [6, 6.07) is 4.29. The molecular weight excluding hydrogens is 271 g/mol. The van der Waals surface area contributed by atoms with Gasteiger partial charge in [0.15, 0.2) is 0 Å². The van der Waals surface area contributed by atoms with Gasteiger partial charge in [-0.1, -0.05) is 23.2 Å². The minimum Gasteiger partial charge on any atom is -0.330 e. The number of rotatable bonds is 5. The van der Waals surface area contributed by atoms with Crippen LogP contribution in [0.4, 0.5) is 0 Å². The molecule has 0 saturated heterocycles. The van der Waals surface area contributed by atoms with Gasteiger partial charge < -0.3 is 5.73 Å². The van der Waals surface area contributed by atoms with Crippen molar-refractivity contribution < 1.29 is 8.42 Å². The van der Waals surface area contributed by atoms with Crippen LogP contribution in [0.3, 0.4) is 0 Å². The lowest BCUT2D eigenvalue weighted by Crippen LogP contribution is -2.26. The van der Waals surface area contributed by atoms with Crippen molar-refractivity contribution in [1.29, 1.82) is 0 Å². The minimum atomic E-state index is -3.61. The lowest BCUT2D eigenvalue weighted by molar-refractivity contribution is 0.579. The molecule has 0 saturated carbocycles. The third kappa shape index (κ3) is 3.61. The van der Waals surface area contributed by atoms with E-state index in [0.29, 0.717) is 18.0 Å². The largest absolute Gasteiger partial charge is 0.330 e. The Morgan fingerprint density at radius 3 is 2.62 bits per heavy atom. The van der Waals surface area contributed by atoms with Crippen LogP contribution in [0.2, 0.25) is 10.0 Å². The summed E-state index contributed by atoms with van der Waals surface area (Å²) in [7, 11) is -3.61. The first-order valence-electron chi connectivity index (χ1n) is 4.62. The van der Waals surface area contributed by atoms with Crippen LogP contribution in [0.1, 0.15) is 6.42 Å². The van der Waals surface area contributed by atoms with Crippen molar-refractivity contribution in [3.05, 3.63) is 28.2 Å². The van der Waals surface area contributed by atoms with Gasteiger partial charge in [0.2, 0.25) is 10.0 Å². The average molecular weight is 283 g/mol. The van der Waals surface area contributed by atoms with E-state index in [0.717, 1.165) is 0 Å². The van der Waals surface area contributed by atoms with Crippen molar-refractivity contribution in [2.24, 2.45) is 5.73 Å². The molecule has 0 aliphatic carbocycles. The highest BCUT2D eigenvalue weighted by atomic mass is 35.5. The van der Waals surface area contributed by atoms with Crippen molar-refractivity contribution >= 4 is 33.2 Å². The quantitative estimate of drug-likeness (QED) is 0.806. The molecule has 0 aromatic heterocycles. The number of hydrogen-bond donors (Lipinski definition) is 2. The first-order chi connectivity index (χ1) is 7.47. The van der Waals surface area contributed by atoms with E-state index in [1.165, 1.54) is 18.2 Å². The highest BCUT2D eigenvalue weighted by molar-refractivity contribution is 7.89. The zero-order valence-electron chi connectivity index (χ0n) is 8.41. The lowest BCUT2D eigenvalue weighted by Gasteiger charge is -2.07. The van der Waals surface area contributed by atoms with E-state index in [1.54, 1.807) is 0 Å². The molecular formula is C9H12Cl2N2O2S. The van der Waals surface area contributed by atoms with Gasteiger partial charge in [0.1, 0.15) is 4.90 Å². The molecule has 7 heteroatoms. The molecule has 1 aromatic carbocycles. The second-order valence-corrected chi connectivity index (χ2v) is 5.69. The molecule has 4 nitrogen and oxygen atoms in total. The molecule has 0 fully saturated rings. The maximum Gasteiger partial charge on any atom is 0.242 e. The first-order valence-corrected chi connectivity index (χ1v) is 6.86. The first kappa shape index (κ1) is 13.7. The van der Waals surface area contributed by atoms with Gasteiger partial charge in [0.25, 0.3) is 0 Å². The maximum absolute atomic E-state index is 11.8. The van der Waals surface area contributed by atoms with Crippen LogP contribution in [0, 0.1) is 0 Å². The van der Waals surface area contributed by atoms with E-state index < -0.39 is 10.0 Å². The third-order valence-corrected chi connectivity index (χ3v) is 4.03. The number of halogens is 2. The summed E-state index contributed by atoms with van der Waals surface area (Å²) in [5, 5.41) is 0.466. The standard InChI is InChI=1S/C9H12Cl2N2O2S/c10-7-2-3-8(11)9(6-7)16(14,15)13-5-1-4-12/h2-3,6,13H,1,4-5,12H2. The van der Waals surface area contributed by atoms with E-state index >= 15 is 0 Å². The molecule has 1 aromatic rings. The topological polar surface area (TPSA) is 72.2 Å². The fourth-order valence-corrected chi connectivity index (χ4v) is 2.90. The highest BCUT2D eigenvalue weighted by Gasteiger charge is 2.17. The molecule has 0 spiro atoms. The summed E-state index contributed by atoms with van der Waals surface area (Å²) in [6.45, 7) is 0.702. The second-order valence-electron chi connectivity index (χ2n) is 3.11. The summed E-state index contributed by atoms with van der Waals surface area (Å²) in [5.41, 5.74) is 5.27. The Morgan fingerprint density at radius 1 is 1.31 bits per heavy atom. The zero-order chi connectivity index (χ0) is 12.2. The Balaban J connectivity index is 2.93. The summed E-state index contributed by atoms with van der Waals surface area (Å²) in [5.74, 6) is 0.